The molecule has 19 N–H and O–H groups in total. The molecule has 0 aromatic heterocycles. The highest BCUT2D eigenvalue weighted by atomic mass is 16.7. The SMILES string of the molecule is O=C1OC[C@H]2OC(=O)c3cc(O)c(O)c(O)c3-c3c(O)c(O)c(O)c4c3C(=O)O[C@@H]([C@@H]2OC(=O)c2cc(O)c(O)c(O)c2-c2c1cc(O)c(O)c2O)[C@@H]1OC(=O)c2c-4c(O)c(O)c(O)c2[C@@H]1[C@]1(O)OC[C@@H](O)[C@H](O)[C@H]1O. The normalized spacial score (nSPS) is 25.7. The van der Waals surface area contributed by atoms with Crippen LogP contribution in [0.5, 0.6) is 86.2 Å². The second kappa shape index (κ2) is 16.6. The van der Waals surface area contributed by atoms with Gasteiger partial charge in [-0.1, -0.05) is 0 Å². The Labute approximate surface area is 417 Å². The summed E-state index contributed by atoms with van der Waals surface area (Å²) in [4.78, 5) is 74.4. The topological polar surface area (TPSA) is 525 Å². The van der Waals surface area contributed by atoms with Crippen molar-refractivity contribution in [3.05, 3.63) is 51.6 Å². The fourth-order valence-corrected chi connectivity index (χ4v) is 9.99. The molecule has 0 saturated carbocycles. The van der Waals surface area contributed by atoms with Crippen LogP contribution in [0.2, 0.25) is 0 Å². The van der Waals surface area contributed by atoms with Crippen LogP contribution in [0, 0.1) is 0 Å². The molecule has 9 atom stereocenters. The van der Waals surface area contributed by atoms with E-state index in [1.165, 1.54) is 0 Å². The number of esters is 5. The van der Waals surface area contributed by atoms with E-state index >= 15 is 9.59 Å². The Balaban J connectivity index is 1.39. The van der Waals surface area contributed by atoms with Crippen molar-refractivity contribution < 1.29 is 149 Å². The molecule has 5 aromatic carbocycles. The number of fused-ring (bicyclic) bond motifs is 7. The predicted octanol–water partition coefficient (Wildman–Crippen LogP) is -0.830. The summed E-state index contributed by atoms with van der Waals surface area (Å²) in [6.07, 6.45) is -19.3. The minimum absolute atomic E-state index is 0.271. The standard InChI is InChI=1S/C46H34O30/c47-9-1-6-14(28(55)24(9)51)15-7(2-10(48)25(52)29(15)56)43(67)74-37-13(5-71-41(6)65)73-42(66)8-3-11(49)26(53)30(57)16(8)17-20-18(32(59)35(62)31(17)58)19-21-22(34(61)36(63)33(19)60)23(38(75-45(21)69)39(37)76-44(20)68)46(70)40(64)27(54)12(50)4-72-46/h1-3,12-13,23,27,37-40,47-64,70H,4-5H2/t12-,13-,23+,27+,37-,38-,39+,40-,46+/m1/s1. The maximum absolute atomic E-state index is 15.5. The van der Waals surface area contributed by atoms with Gasteiger partial charge in [-0.2, -0.15) is 0 Å². The Morgan fingerprint density at radius 3 is 1.32 bits per heavy atom. The number of carbonyl (C=O) groups is 5. The van der Waals surface area contributed by atoms with Crippen LogP contribution in [-0.4, -0.2) is 189 Å². The Morgan fingerprint density at radius 2 is 0.789 bits per heavy atom. The molecule has 0 unspecified atom stereocenters. The van der Waals surface area contributed by atoms with Crippen LogP contribution >= 0.6 is 0 Å². The summed E-state index contributed by atoms with van der Waals surface area (Å²) in [6.45, 7) is -2.84. The Morgan fingerprint density at radius 1 is 0.395 bits per heavy atom. The molecule has 0 spiro atoms. The molecule has 6 aliphatic heterocycles. The zero-order valence-corrected chi connectivity index (χ0v) is 37.3. The number of rotatable bonds is 1. The number of aliphatic hydroxyl groups excluding tert-OH is 3. The molecule has 0 radical (unpaired) electrons. The summed E-state index contributed by atoms with van der Waals surface area (Å²) in [5.74, 6) is -40.7. The zero-order chi connectivity index (χ0) is 55.4. The van der Waals surface area contributed by atoms with Gasteiger partial charge < -0.3 is 125 Å². The van der Waals surface area contributed by atoms with E-state index in [1.807, 2.05) is 0 Å². The Bertz CT molecular complexity index is 3510. The number of hydrogen-bond donors (Lipinski definition) is 19. The van der Waals surface area contributed by atoms with Crippen LogP contribution in [0.25, 0.3) is 33.4 Å². The lowest BCUT2D eigenvalue weighted by Crippen LogP contribution is -2.68. The van der Waals surface area contributed by atoms with Crippen molar-refractivity contribution in [3.8, 4) is 120 Å². The molecule has 5 aromatic rings. The number of carbonyl (C=O) groups excluding carboxylic acids is 5. The molecule has 11 rings (SSSR count). The molecule has 0 amide bonds. The van der Waals surface area contributed by atoms with E-state index in [9.17, 15) is 111 Å². The summed E-state index contributed by atoms with van der Waals surface area (Å²) in [6, 6.07) is 0.916. The van der Waals surface area contributed by atoms with E-state index < -0.39 is 250 Å². The lowest BCUT2D eigenvalue weighted by atomic mass is 9.71. The van der Waals surface area contributed by atoms with Crippen molar-refractivity contribution in [1.29, 1.82) is 0 Å². The van der Waals surface area contributed by atoms with Gasteiger partial charge in [0.05, 0.1) is 40.3 Å². The number of cyclic esters (lactones) is 1. The van der Waals surface area contributed by atoms with Gasteiger partial charge >= 0.3 is 29.8 Å². The van der Waals surface area contributed by atoms with Gasteiger partial charge in [0.25, 0.3) is 0 Å². The summed E-state index contributed by atoms with van der Waals surface area (Å²) in [5.41, 5.74) is -16.3. The highest BCUT2D eigenvalue weighted by Gasteiger charge is 2.65. The Kier molecular flexibility index (Phi) is 10.9. The third-order valence-electron chi connectivity index (χ3n) is 13.6. The Hall–Kier alpha value is -9.75. The number of ether oxygens (including phenoxy) is 6. The van der Waals surface area contributed by atoms with Crippen LogP contribution in [0.15, 0.2) is 18.2 Å². The van der Waals surface area contributed by atoms with E-state index in [2.05, 4.69) is 0 Å². The van der Waals surface area contributed by atoms with Crippen LogP contribution in [0.4, 0.5) is 0 Å². The summed E-state index contributed by atoms with van der Waals surface area (Å²) in [7, 11) is 0. The van der Waals surface area contributed by atoms with Gasteiger partial charge in [-0.3, -0.25) is 0 Å². The average molecular weight is 1070 g/mol. The zero-order valence-electron chi connectivity index (χ0n) is 37.3. The number of aromatic hydroxyl groups is 15. The first kappa shape index (κ1) is 49.8. The summed E-state index contributed by atoms with van der Waals surface area (Å²) >= 11 is 0. The number of phenols is 15. The van der Waals surface area contributed by atoms with Crippen LogP contribution < -0.4 is 0 Å². The van der Waals surface area contributed by atoms with Crippen LogP contribution in [0.1, 0.15) is 63.3 Å². The first-order valence-corrected chi connectivity index (χ1v) is 21.5. The van der Waals surface area contributed by atoms with Crippen molar-refractivity contribution >= 4 is 29.8 Å². The molecule has 30 heteroatoms. The molecular formula is C46H34O30. The molecular weight excluding hydrogens is 1030 g/mol. The fourth-order valence-electron chi connectivity index (χ4n) is 9.99. The lowest BCUT2D eigenvalue weighted by molar-refractivity contribution is -0.341. The van der Waals surface area contributed by atoms with E-state index in [-0.39, 0.29) is 12.1 Å². The monoisotopic (exact) mass is 1070 g/mol. The van der Waals surface area contributed by atoms with Crippen molar-refractivity contribution in [2.24, 2.45) is 0 Å². The number of aliphatic hydroxyl groups is 4. The number of phenolic OH excluding ortho intramolecular Hbond substituents is 15. The quantitative estimate of drug-likeness (QED) is 0.0553. The van der Waals surface area contributed by atoms with Crippen molar-refractivity contribution in [2.75, 3.05) is 13.2 Å². The predicted molar refractivity (Wildman–Crippen MR) is 233 cm³/mol. The molecule has 76 heavy (non-hydrogen) atoms. The molecule has 1 saturated heterocycles. The first-order valence-electron chi connectivity index (χ1n) is 21.5. The van der Waals surface area contributed by atoms with Gasteiger partial charge in [-0.15, -0.1) is 0 Å². The number of hydrogen-bond acceptors (Lipinski definition) is 30. The van der Waals surface area contributed by atoms with Crippen LogP contribution in [-0.2, 0) is 28.4 Å². The second-order valence-electron chi connectivity index (χ2n) is 17.6. The highest BCUT2D eigenvalue weighted by molar-refractivity contribution is 6.16. The van der Waals surface area contributed by atoms with Gasteiger partial charge in [-0.05, 0) is 18.2 Å². The van der Waals surface area contributed by atoms with Crippen molar-refractivity contribution in [1.82, 2.24) is 0 Å². The maximum atomic E-state index is 15.5. The van der Waals surface area contributed by atoms with Gasteiger partial charge in [-0.25, -0.2) is 24.0 Å². The van der Waals surface area contributed by atoms with Crippen molar-refractivity contribution in [2.45, 2.75) is 54.4 Å². The largest absolute Gasteiger partial charge is 0.504 e. The summed E-state index contributed by atoms with van der Waals surface area (Å²) in [5, 5.41) is 214. The highest BCUT2D eigenvalue weighted by Crippen LogP contribution is 2.63. The van der Waals surface area contributed by atoms with Gasteiger partial charge in [0.1, 0.15) is 24.9 Å². The third-order valence-corrected chi connectivity index (χ3v) is 13.6. The fraction of sp³-hybridized carbons (Fsp3) is 0.239. The second-order valence-corrected chi connectivity index (χ2v) is 17.6. The van der Waals surface area contributed by atoms with E-state index in [1.54, 1.807) is 0 Å². The van der Waals surface area contributed by atoms with Crippen molar-refractivity contribution in [3.63, 3.8) is 0 Å². The lowest BCUT2D eigenvalue weighted by Gasteiger charge is -2.51. The molecule has 6 aliphatic rings. The smallest absolute Gasteiger partial charge is 0.340 e. The van der Waals surface area contributed by atoms with E-state index in [0.717, 1.165) is 0 Å². The average Bonchev–Trinajstić information content (AvgIpc) is 3.53. The molecule has 1 fully saturated rings. The first-order chi connectivity index (χ1) is 35.7. The molecule has 30 nitrogen and oxygen atoms in total. The molecule has 398 valence electrons. The van der Waals surface area contributed by atoms with Gasteiger partial charge in [0.2, 0.25) is 34.5 Å². The number of benzene rings is 5. The summed E-state index contributed by atoms with van der Waals surface area (Å²) < 4.78 is 34.0. The van der Waals surface area contributed by atoms with Gasteiger partial charge in [0.15, 0.2) is 81.9 Å². The minimum atomic E-state index is -3.72. The van der Waals surface area contributed by atoms with Gasteiger partial charge in [0, 0.05) is 38.9 Å². The third kappa shape index (κ3) is 6.61. The molecule has 0 aliphatic carbocycles. The van der Waals surface area contributed by atoms with E-state index in [4.69, 9.17) is 28.4 Å². The van der Waals surface area contributed by atoms with Crippen LogP contribution in [0.3, 0.4) is 0 Å². The molecule has 6 bridgehead atoms. The van der Waals surface area contributed by atoms with E-state index in [0.29, 0.717) is 6.07 Å². The minimum Gasteiger partial charge on any atom is -0.504 e. The molecule has 6 heterocycles. The maximum Gasteiger partial charge on any atom is 0.340 e.